The number of aliphatic imine (C=N–C) groups is 1. The SMILES string of the molecule is CCN=C1NC2C(C(=O)NC(=O)N2C)N1CC(=O)c1ccc(C)cc1. The molecule has 2 aliphatic heterocycles. The molecule has 1 aromatic rings. The Hall–Kier alpha value is -2.90. The van der Waals surface area contributed by atoms with E-state index in [0.29, 0.717) is 18.1 Å². The van der Waals surface area contributed by atoms with Crippen LogP contribution in [0.25, 0.3) is 0 Å². The number of likely N-dealkylation sites (N-methyl/N-ethyl adjacent to an activating group) is 1. The number of guanidine groups is 1. The summed E-state index contributed by atoms with van der Waals surface area (Å²) in [5.41, 5.74) is 1.64. The quantitative estimate of drug-likeness (QED) is 0.769. The highest BCUT2D eigenvalue weighted by Gasteiger charge is 2.50. The molecule has 0 aromatic heterocycles. The zero-order valence-electron chi connectivity index (χ0n) is 14.4. The van der Waals surface area contributed by atoms with Gasteiger partial charge in [0.15, 0.2) is 17.8 Å². The van der Waals surface area contributed by atoms with Crippen LogP contribution in [0.15, 0.2) is 29.3 Å². The second-order valence-electron chi connectivity index (χ2n) is 6.15. The van der Waals surface area contributed by atoms with Crippen LogP contribution < -0.4 is 10.6 Å². The van der Waals surface area contributed by atoms with E-state index in [-0.39, 0.29) is 12.3 Å². The molecule has 0 spiro atoms. The van der Waals surface area contributed by atoms with Gasteiger partial charge in [0.25, 0.3) is 5.91 Å². The number of hydrogen-bond donors (Lipinski definition) is 2. The van der Waals surface area contributed by atoms with Crippen LogP contribution >= 0.6 is 0 Å². The van der Waals surface area contributed by atoms with E-state index >= 15 is 0 Å². The van der Waals surface area contributed by atoms with E-state index in [1.807, 2.05) is 26.0 Å². The number of carbonyl (C=O) groups is 3. The molecule has 0 radical (unpaired) electrons. The summed E-state index contributed by atoms with van der Waals surface area (Å²) in [5.74, 6) is -0.0909. The summed E-state index contributed by atoms with van der Waals surface area (Å²) < 4.78 is 0. The van der Waals surface area contributed by atoms with E-state index in [4.69, 9.17) is 0 Å². The van der Waals surface area contributed by atoms with Gasteiger partial charge in [0, 0.05) is 19.2 Å². The first-order valence-electron chi connectivity index (χ1n) is 8.17. The average molecular weight is 343 g/mol. The molecule has 2 fully saturated rings. The van der Waals surface area contributed by atoms with Gasteiger partial charge < -0.3 is 15.1 Å². The maximum absolute atomic E-state index is 12.7. The number of imide groups is 1. The topological polar surface area (TPSA) is 94.1 Å². The van der Waals surface area contributed by atoms with E-state index in [9.17, 15) is 14.4 Å². The highest BCUT2D eigenvalue weighted by molar-refractivity contribution is 6.06. The first-order chi connectivity index (χ1) is 11.9. The molecule has 8 heteroatoms. The molecule has 2 aliphatic rings. The largest absolute Gasteiger partial charge is 0.333 e. The lowest BCUT2D eigenvalue weighted by Crippen LogP contribution is -2.65. The third-order valence-corrected chi connectivity index (χ3v) is 4.42. The molecule has 2 atom stereocenters. The van der Waals surface area contributed by atoms with Crippen molar-refractivity contribution in [1.82, 2.24) is 20.4 Å². The molecule has 0 bridgehead atoms. The number of Topliss-reactive ketones (excluding diaryl/α,β-unsaturated/α-hetero) is 1. The van der Waals surface area contributed by atoms with Crippen LogP contribution in [0.4, 0.5) is 4.79 Å². The van der Waals surface area contributed by atoms with Crippen molar-refractivity contribution >= 4 is 23.7 Å². The lowest BCUT2D eigenvalue weighted by atomic mass is 10.1. The fraction of sp³-hybridized carbons (Fsp3) is 0.412. The van der Waals surface area contributed by atoms with Crippen molar-refractivity contribution in [2.24, 2.45) is 4.99 Å². The van der Waals surface area contributed by atoms with Gasteiger partial charge in [-0.05, 0) is 13.8 Å². The first-order valence-corrected chi connectivity index (χ1v) is 8.17. The van der Waals surface area contributed by atoms with Crippen LogP contribution in [0.5, 0.6) is 0 Å². The Labute approximate surface area is 145 Å². The third-order valence-electron chi connectivity index (χ3n) is 4.42. The summed E-state index contributed by atoms with van der Waals surface area (Å²) in [4.78, 5) is 44.2. The van der Waals surface area contributed by atoms with E-state index < -0.39 is 24.1 Å². The fourth-order valence-corrected chi connectivity index (χ4v) is 3.03. The minimum atomic E-state index is -0.692. The Morgan fingerprint density at radius 2 is 1.92 bits per heavy atom. The molecule has 2 saturated heterocycles. The Morgan fingerprint density at radius 3 is 2.56 bits per heavy atom. The van der Waals surface area contributed by atoms with Gasteiger partial charge in [-0.3, -0.25) is 19.9 Å². The summed E-state index contributed by atoms with van der Waals surface area (Å²) >= 11 is 0. The van der Waals surface area contributed by atoms with Gasteiger partial charge in [-0.1, -0.05) is 29.8 Å². The first kappa shape index (κ1) is 16.9. The van der Waals surface area contributed by atoms with Crippen molar-refractivity contribution in [3.63, 3.8) is 0 Å². The summed E-state index contributed by atoms with van der Waals surface area (Å²) in [6.45, 7) is 4.32. The molecule has 2 unspecified atom stereocenters. The van der Waals surface area contributed by atoms with Crippen LogP contribution in [0, 0.1) is 6.92 Å². The Balaban J connectivity index is 1.87. The normalized spacial score (nSPS) is 24.2. The molecule has 0 aliphatic carbocycles. The number of benzene rings is 1. The van der Waals surface area contributed by atoms with Gasteiger partial charge in [-0.2, -0.15) is 0 Å². The Bertz CT molecular complexity index is 743. The standard InChI is InChI=1S/C17H21N5O3/c1-4-18-16-19-14-13(15(24)20-17(25)21(14)3)22(16)9-12(23)11-7-5-10(2)6-8-11/h5-8,13-14H,4,9H2,1-3H3,(H,18,19)(H,20,24,25). The van der Waals surface area contributed by atoms with Crippen molar-refractivity contribution in [2.75, 3.05) is 20.1 Å². The van der Waals surface area contributed by atoms with Crippen molar-refractivity contribution in [1.29, 1.82) is 0 Å². The van der Waals surface area contributed by atoms with E-state index in [0.717, 1.165) is 5.56 Å². The molecule has 3 amide bonds. The average Bonchev–Trinajstić information content (AvgIpc) is 2.93. The lowest BCUT2D eigenvalue weighted by molar-refractivity contribution is -0.126. The Morgan fingerprint density at radius 1 is 1.24 bits per heavy atom. The summed E-state index contributed by atoms with van der Waals surface area (Å²) in [7, 11) is 1.60. The molecule has 2 heterocycles. The molecule has 2 N–H and O–H groups in total. The Kier molecular flexibility index (Phi) is 4.43. The molecule has 8 nitrogen and oxygen atoms in total. The number of fused-ring (bicyclic) bond motifs is 1. The highest BCUT2D eigenvalue weighted by Crippen LogP contribution is 2.21. The van der Waals surface area contributed by atoms with Crippen molar-refractivity contribution in [3.8, 4) is 0 Å². The van der Waals surface area contributed by atoms with Gasteiger partial charge in [-0.15, -0.1) is 0 Å². The summed E-state index contributed by atoms with van der Waals surface area (Å²) in [6.07, 6.45) is -0.544. The molecule has 1 aromatic carbocycles. The van der Waals surface area contributed by atoms with Gasteiger partial charge in [0.2, 0.25) is 0 Å². The number of amides is 3. The predicted molar refractivity (Wildman–Crippen MR) is 92.2 cm³/mol. The molecule has 132 valence electrons. The van der Waals surface area contributed by atoms with Crippen LogP contribution in [-0.2, 0) is 4.79 Å². The highest BCUT2D eigenvalue weighted by atomic mass is 16.2. The van der Waals surface area contributed by atoms with Gasteiger partial charge in [0.1, 0.15) is 6.17 Å². The fourth-order valence-electron chi connectivity index (χ4n) is 3.03. The number of carbonyl (C=O) groups excluding carboxylic acids is 3. The molecule has 0 saturated carbocycles. The number of aryl methyl sites for hydroxylation is 1. The molecular weight excluding hydrogens is 322 g/mol. The van der Waals surface area contributed by atoms with Crippen molar-refractivity contribution < 1.29 is 14.4 Å². The van der Waals surface area contributed by atoms with Crippen LogP contribution in [0.1, 0.15) is 22.8 Å². The number of ketones is 1. The second-order valence-corrected chi connectivity index (χ2v) is 6.15. The molecule has 25 heavy (non-hydrogen) atoms. The predicted octanol–water partition coefficient (Wildman–Crippen LogP) is 0.335. The maximum Gasteiger partial charge on any atom is 0.325 e. The van der Waals surface area contributed by atoms with E-state index in [1.54, 1.807) is 24.1 Å². The van der Waals surface area contributed by atoms with Crippen LogP contribution in [0.2, 0.25) is 0 Å². The summed E-state index contributed by atoms with van der Waals surface area (Å²) in [6, 6.07) is 6.12. The van der Waals surface area contributed by atoms with Gasteiger partial charge in [-0.25, -0.2) is 4.79 Å². The number of urea groups is 1. The van der Waals surface area contributed by atoms with Crippen LogP contribution in [0.3, 0.4) is 0 Å². The zero-order chi connectivity index (χ0) is 18.1. The number of nitrogens with one attached hydrogen (secondary N) is 2. The molecular formula is C17H21N5O3. The maximum atomic E-state index is 12.7. The minimum Gasteiger partial charge on any atom is -0.333 e. The number of hydrogen-bond acceptors (Lipinski definition) is 4. The third kappa shape index (κ3) is 3.07. The lowest BCUT2D eigenvalue weighted by Gasteiger charge is -2.35. The van der Waals surface area contributed by atoms with E-state index in [1.165, 1.54) is 4.90 Å². The van der Waals surface area contributed by atoms with Gasteiger partial charge >= 0.3 is 6.03 Å². The van der Waals surface area contributed by atoms with Crippen LogP contribution in [-0.4, -0.2) is 65.8 Å². The van der Waals surface area contributed by atoms with Crippen molar-refractivity contribution in [3.05, 3.63) is 35.4 Å². The van der Waals surface area contributed by atoms with Crippen molar-refractivity contribution in [2.45, 2.75) is 26.1 Å². The van der Waals surface area contributed by atoms with Gasteiger partial charge in [0.05, 0.1) is 6.54 Å². The molecule has 3 rings (SSSR count). The second kappa shape index (κ2) is 6.54. The minimum absolute atomic E-state index is 0.00547. The summed E-state index contributed by atoms with van der Waals surface area (Å²) in [5, 5.41) is 5.40. The number of nitrogens with zero attached hydrogens (tertiary/aromatic N) is 3. The smallest absolute Gasteiger partial charge is 0.325 e. The monoisotopic (exact) mass is 343 g/mol. The zero-order valence-corrected chi connectivity index (χ0v) is 14.4. The van der Waals surface area contributed by atoms with E-state index in [2.05, 4.69) is 15.6 Å². The number of rotatable bonds is 4.